The molecule has 0 spiro atoms. The van der Waals surface area contributed by atoms with E-state index in [9.17, 15) is 5.11 Å². The fourth-order valence-electron chi connectivity index (χ4n) is 3.78. The van der Waals surface area contributed by atoms with Crippen molar-refractivity contribution in [3.8, 4) is 17.1 Å². The zero-order valence-corrected chi connectivity index (χ0v) is 22.3. The van der Waals surface area contributed by atoms with Crippen molar-refractivity contribution in [3.63, 3.8) is 0 Å². The van der Waals surface area contributed by atoms with Crippen molar-refractivity contribution >= 4 is 77.9 Å². The van der Waals surface area contributed by atoms with Crippen molar-refractivity contribution < 1.29 is 9.84 Å². The van der Waals surface area contributed by atoms with Crippen molar-refractivity contribution in [2.75, 3.05) is 31.6 Å². The van der Waals surface area contributed by atoms with E-state index in [0.29, 0.717) is 35.7 Å². The molecule has 1 fully saturated rings. The number of ether oxygens (including phenoxy) is 1. The molecule has 0 atom stereocenters. The Labute approximate surface area is 224 Å². The minimum absolute atomic E-state index is 0.0374. The zero-order valence-electron chi connectivity index (χ0n) is 18.3. The molecule has 3 heterocycles. The van der Waals surface area contributed by atoms with Crippen LogP contribution in [0, 0.1) is 0 Å². The maximum Gasteiger partial charge on any atom is 0.221 e. The molecular weight excluding hydrogens is 572 g/mol. The summed E-state index contributed by atoms with van der Waals surface area (Å²) < 4.78 is 8.15. The Balaban J connectivity index is 1.36. The summed E-state index contributed by atoms with van der Waals surface area (Å²) in [6.45, 7) is 3.47. The average Bonchev–Trinajstić information content (AvgIpc) is 3.41. The van der Waals surface area contributed by atoms with E-state index in [1.165, 1.54) is 11.3 Å². The summed E-state index contributed by atoms with van der Waals surface area (Å²) in [6, 6.07) is 13.3. The smallest absolute Gasteiger partial charge is 0.221 e. The SMILES string of the molecule is Oc1c(N=NC(=S)Nc2nc(-c3ccc(Cl)cc3)cs2)c2cc(Br)ccc2n1CN1CCOCC1. The van der Waals surface area contributed by atoms with Crippen molar-refractivity contribution in [1.29, 1.82) is 0 Å². The second kappa shape index (κ2) is 10.7. The van der Waals surface area contributed by atoms with Crippen molar-refractivity contribution in [3.05, 3.63) is 57.3 Å². The van der Waals surface area contributed by atoms with Gasteiger partial charge in [-0.3, -0.25) is 9.47 Å². The van der Waals surface area contributed by atoms with Crippen molar-refractivity contribution in [2.45, 2.75) is 6.67 Å². The second-order valence-electron chi connectivity index (χ2n) is 7.81. The lowest BCUT2D eigenvalue weighted by Gasteiger charge is -2.27. The number of aromatic nitrogens is 2. The normalized spacial score (nSPS) is 14.7. The predicted molar refractivity (Wildman–Crippen MR) is 147 cm³/mol. The van der Waals surface area contributed by atoms with Crippen molar-refractivity contribution in [2.24, 2.45) is 10.2 Å². The Morgan fingerprint density at radius 3 is 2.77 bits per heavy atom. The molecule has 0 unspecified atom stereocenters. The van der Waals surface area contributed by atoms with Gasteiger partial charge in [-0.1, -0.05) is 39.7 Å². The van der Waals surface area contributed by atoms with Gasteiger partial charge in [-0.25, -0.2) is 4.98 Å². The fraction of sp³-hybridized carbons (Fsp3) is 0.217. The Morgan fingerprint density at radius 1 is 1.23 bits per heavy atom. The van der Waals surface area contributed by atoms with E-state index in [2.05, 4.69) is 41.4 Å². The van der Waals surface area contributed by atoms with E-state index >= 15 is 0 Å². The molecule has 2 aromatic carbocycles. The highest BCUT2D eigenvalue weighted by atomic mass is 79.9. The van der Waals surface area contributed by atoms with Crippen LogP contribution >= 0.6 is 51.1 Å². The van der Waals surface area contributed by atoms with Gasteiger partial charge in [-0.05, 0) is 42.5 Å². The maximum absolute atomic E-state index is 11.0. The number of thiazole rings is 1. The number of rotatable bonds is 5. The standard InChI is InChI=1S/C23H20BrClN6O2S2/c24-15-3-6-19-17(11-15)20(21(32)31(19)13-30-7-9-33-10-8-30)28-29-22(34)27-23-26-18(12-35-23)14-1-4-16(25)5-2-14/h1-6,11-12,32H,7-10,13H2,(H,26,27,34). The lowest BCUT2D eigenvalue weighted by Crippen LogP contribution is -2.37. The summed E-state index contributed by atoms with van der Waals surface area (Å²) in [5.74, 6) is 0.0374. The van der Waals surface area contributed by atoms with E-state index in [1.54, 1.807) is 0 Å². The average molecular weight is 592 g/mol. The van der Waals surface area contributed by atoms with Gasteiger partial charge in [0.1, 0.15) is 0 Å². The Morgan fingerprint density at radius 2 is 2.00 bits per heavy atom. The number of azo groups is 1. The number of hydrogen-bond acceptors (Lipinski definition) is 7. The van der Waals surface area contributed by atoms with Crippen LogP contribution in [0.25, 0.3) is 22.2 Å². The third kappa shape index (κ3) is 5.55. The third-order valence-corrected chi connectivity index (χ3v) is 7.20. The molecule has 1 saturated heterocycles. The maximum atomic E-state index is 11.0. The number of nitrogens with zero attached hydrogens (tertiary/aromatic N) is 5. The largest absolute Gasteiger partial charge is 0.493 e. The minimum Gasteiger partial charge on any atom is -0.493 e. The molecular formula is C23H20BrClN6O2S2. The number of nitrogens with one attached hydrogen (secondary N) is 1. The van der Waals surface area contributed by atoms with E-state index in [-0.39, 0.29) is 11.0 Å². The first kappa shape index (κ1) is 24.3. The van der Waals surface area contributed by atoms with Gasteiger partial charge in [-0.15, -0.1) is 21.6 Å². The van der Waals surface area contributed by atoms with E-state index in [4.69, 9.17) is 28.6 Å². The first-order valence-corrected chi connectivity index (χ1v) is 13.2. The van der Waals surface area contributed by atoms with E-state index in [0.717, 1.165) is 39.7 Å². The highest BCUT2D eigenvalue weighted by molar-refractivity contribution is 9.10. The molecule has 0 radical (unpaired) electrons. The Hall–Kier alpha value is -2.41. The Kier molecular flexibility index (Phi) is 7.42. The van der Waals surface area contributed by atoms with Crippen LogP contribution in [0.15, 0.2) is 62.5 Å². The molecule has 2 N–H and O–H groups in total. The van der Waals surface area contributed by atoms with Crippen LogP contribution in [0.2, 0.25) is 5.02 Å². The highest BCUT2D eigenvalue weighted by Crippen LogP contribution is 2.40. The summed E-state index contributed by atoms with van der Waals surface area (Å²) in [6.07, 6.45) is 0. The van der Waals surface area contributed by atoms with Crippen LogP contribution < -0.4 is 5.32 Å². The third-order valence-electron chi connectivity index (χ3n) is 5.52. The molecule has 12 heteroatoms. The van der Waals surface area contributed by atoms with Crippen LogP contribution in [-0.4, -0.2) is 51.0 Å². The minimum atomic E-state index is 0.0374. The molecule has 2 aromatic heterocycles. The summed E-state index contributed by atoms with van der Waals surface area (Å²) in [5, 5.41) is 26.6. The first-order valence-electron chi connectivity index (χ1n) is 10.7. The number of anilines is 1. The van der Waals surface area contributed by atoms with Crippen LogP contribution in [-0.2, 0) is 11.4 Å². The second-order valence-corrected chi connectivity index (χ2v) is 10.4. The molecule has 35 heavy (non-hydrogen) atoms. The van der Waals surface area contributed by atoms with Gasteiger partial charge in [0.25, 0.3) is 0 Å². The van der Waals surface area contributed by atoms with Gasteiger partial charge in [0.2, 0.25) is 11.0 Å². The number of thiocarbonyl (C=S) groups is 1. The number of aromatic hydroxyl groups is 1. The molecule has 0 amide bonds. The molecule has 1 aliphatic rings. The van der Waals surface area contributed by atoms with E-state index < -0.39 is 0 Å². The summed E-state index contributed by atoms with van der Waals surface area (Å²) in [4.78, 5) is 6.77. The molecule has 0 aliphatic carbocycles. The topological polar surface area (TPSA) is 87.3 Å². The van der Waals surface area contributed by atoms with Crippen LogP contribution in [0.1, 0.15) is 0 Å². The van der Waals surface area contributed by atoms with Crippen molar-refractivity contribution in [1.82, 2.24) is 14.5 Å². The number of benzene rings is 2. The lowest BCUT2D eigenvalue weighted by molar-refractivity contribution is 0.0231. The van der Waals surface area contributed by atoms with Gasteiger partial charge in [0.15, 0.2) is 10.8 Å². The van der Waals surface area contributed by atoms with Gasteiger partial charge >= 0.3 is 0 Å². The quantitative estimate of drug-likeness (QED) is 0.199. The van der Waals surface area contributed by atoms with Crippen LogP contribution in [0.4, 0.5) is 10.8 Å². The molecule has 8 nitrogen and oxygen atoms in total. The molecule has 5 rings (SSSR count). The number of halogens is 2. The monoisotopic (exact) mass is 590 g/mol. The fourth-order valence-corrected chi connectivity index (χ4v) is 5.18. The number of hydrogen-bond donors (Lipinski definition) is 2. The van der Waals surface area contributed by atoms with Gasteiger partial charge in [-0.2, -0.15) is 0 Å². The highest BCUT2D eigenvalue weighted by Gasteiger charge is 2.20. The molecule has 4 aromatic rings. The first-order chi connectivity index (χ1) is 17.0. The molecule has 1 aliphatic heterocycles. The van der Waals surface area contributed by atoms with E-state index in [1.807, 2.05) is 52.4 Å². The molecule has 180 valence electrons. The van der Waals surface area contributed by atoms with Gasteiger partial charge in [0.05, 0.1) is 31.1 Å². The number of fused-ring (bicyclic) bond motifs is 1. The number of morpholine rings is 1. The summed E-state index contributed by atoms with van der Waals surface area (Å²) in [7, 11) is 0. The summed E-state index contributed by atoms with van der Waals surface area (Å²) >= 11 is 16.2. The van der Waals surface area contributed by atoms with Crippen LogP contribution in [0.3, 0.4) is 0 Å². The summed E-state index contributed by atoms with van der Waals surface area (Å²) in [5.41, 5.74) is 2.98. The predicted octanol–water partition coefficient (Wildman–Crippen LogP) is 6.66. The van der Waals surface area contributed by atoms with Gasteiger partial charge in [0, 0.05) is 38.9 Å². The van der Waals surface area contributed by atoms with Gasteiger partial charge < -0.3 is 15.2 Å². The molecule has 0 bridgehead atoms. The van der Waals surface area contributed by atoms with Crippen LogP contribution in [0.5, 0.6) is 5.88 Å². The Bertz CT molecular complexity index is 1400. The lowest BCUT2D eigenvalue weighted by atomic mass is 10.2. The zero-order chi connectivity index (χ0) is 24.4. The molecule has 0 saturated carbocycles.